The third-order valence-corrected chi connectivity index (χ3v) is 5.76. The third-order valence-electron chi connectivity index (χ3n) is 5.76. The average Bonchev–Trinajstić information content (AvgIpc) is 3.45. The summed E-state index contributed by atoms with van der Waals surface area (Å²) < 4.78 is 5.84. The third kappa shape index (κ3) is 6.25. The van der Waals surface area contributed by atoms with Gasteiger partial charge in [-0.25, -0.2) is 9.61 Å². The number of rotatable bonds is 12. The molecule has 34 heavy (non-hydrogen) atoms. The number of carbonyl (C=O) groups excluding carboxylic acids is 2. The molecule has 13 nitrogen and oxygen atoms in total. The summed E-state index contributed by atoms with van der Waals surface area (Å²) in [5.41, 5.74) is 0.527. The van der Waals surface area contributed by atoms with Crippen LogP contribution in [0.15, 0.2) is 21.8 Å². The van der Waals surface area contributed by atoms with Gasteiger partial charge < -0.3 is 21.1 Å². The number of aliphatic carboxylic acids is 1. The van der Waals surface area contributed by atoms with E-state index in [0.29, 0.717) is 11.4 Å². The average molecular weight is 476 g/mol. The molecule has 1 saturated heterocycles. The molecule has 2 aromatic heterocycles. The highest BCUT2D eigenvalue weighted by Gasteiger charge is 2.30. The van der Waals surface area contributed by atoms with Crippen LogP contribution in [0.1, 0.15) is 56.5 Å². The zero-order valence-electron chi connectivity index (χ0n) is 19.1. The van der Waals surface area contributed by atoms with Gasteiger partial charge in [0.2, 0.25) is 5.91 Å². The lowest BCUT2D eigenvalue weighted by Gasteiger charge is -2.23. The maximum atomic E-state index is 13.1. The lowest BCUT2D eigenvalue weighted by atomic mass is 10.0. The number of ketones is 1. The Hall–Kier alpha value is -3.61. The van der Waals surface area contributed by atoms with Gasteiger partial charge in [0.1, 0.15) is 17.4 Å². The summed E-state index contributed by atoms with van der Waals surface area (Å²) in [6.45, 7) is 4.37. The zero-order chi connectivity index (χ0) is 24.7. The number of hydrogen-bond donors (Lipinski definition) is 4. The quantitative estimate of drug-likeness (QED) is 0.328. The minimum atomic E-state index is -1.20. The number of carbonyl (C=O) groups is 3. The number of nitrogens with one attached hydrogen (secondary N) is 3. The van der Waals surface area contributed by atoms with Crippen LogP contribution in [0.25, 0.3) is 0 Å². The summed E-state index contributed by atoms with van der Waals surface area (Å²) in [6, 6.07) is -2.16. The molecule has 1 amide bonds. The van der Waals surface area contributed by atoms with Gasteiger partial charge in [-0.15, -0.1) is 0 Å². The van der Waals surface area contributed by atoms with Crippen LogP contribution in [0.4, 0.5) is 5.82 Å². The SMILES string of the molecule is CC[C@@H](C(=O)N[C@@H](CC(=O)O)C(=O)CC1CCCN1)n1ccnc(NCc2nonc2C)c1=O. The van der Waals surface area contributed by atoms with Crippen LogP contribution in [-0.2, 0) is 20.9 Å². The minimum Gasteiger partial charge on any atom is -0.481 e. The van der Waals surface area contributed by atoms with Gasteiger partial charge in [-0.3, -0.25) is 23.7 Å². The molecule has 1 fully saturated rings. The lowest BCUT2D eigenvalue weighted by Crippen LogP contribution is -2.47. The standard InChI is InChI=1S/C21H29N7O6/c1-3-16(20(32)25-14(10-18(30)31)17(29)9-13-5-4-6-22-13)28-8-7-23-19(21(28)33)24-11-15-12(2)26-34-27-15/h7-8,13-14,16,22H,3-6,9-11H2,1-2H3,(H,23,24)(H,25,32)(H,30,31)/t13?,14-,16-/m0/s1. The summed E-state index contributed by atoms with van der Waals surface area (Å²) in [7, 11) is 0. The molecule has 3 atom stereocenters. The van der Waals surface area contributed by atoms with Crippen molar-refractivity contribution in [2.45, 2.75) is 70.6 Å². The summed E-state index contributed by atoms with van der Waals surface area (Å²) in [6.07, 6.45) is 4.36. The van der Waals surface area contributed by atoms with Crippen LogP contribution in [-0.4, -0.2) is 61.3 Å². The highest BCUT2D eigenvalue weighted by molar-refractivity contribution is 5.93. The molecule has 0 aliphatic carbocycles. The number of Topliss-reactive ketones (excluding diaryl/α,β-unsaturated/α-hetero) is 1. The molecule has 0 aromatic carbocycles. The second kappa shape index (κ2) is 11.5. The van der Waals surface area contributed by atoms with Crippen LogP contribution in [0.2, 0.25) is 0 Å². The van der Waals surface area contributed by atoms with Crippen molar-refractivity contribution in [3.05, 3.63) is 34.1 Å². The lowest BCUT2D eigenvalue weighted by molar-refractivity contribution is -0.140. The van der Waals surface area contributed by atoms with Gasteiger partial charge in [-0.2, -0.15) is 0 Å². The Kier molecular flexibility index (Phi) is 8.46. The van der Waals surface area contributed by atoms with Crippen molar-refractivity contribution < 1.29 is 24.1 Å². The van der Waals surface area contributed by atoms with Crippen LogP contribution < -0.4 is 21.5 Å². The summed E-state index contributed by atoms with van der Waals surface area (Å²) in [4.78, 5) is 54.1. The Bertz CT molecular complexity index is 1080. The molecule has 1 aliphatic rings. The van der Waals surface area contributed by atoms with Crippen molar-refractivity contribution in [3.63, 3.8) is 0 Å². The monoisotopic (exact) mass is 475 g/mol. The van der Waals surface area contributed by atoms with Gasteiger partial charge in [0.25, 0.3) is 5.56 Å². The molecule has 1 unspecified atom stereocenters. The van der Waals surface area contributed by atoms with Gasteiger partial charge in [0.15, 0.2) is 11.6 Å². The maximum Gasteiger partial charge on any atom is 0.305 e. The fourth-order valence-electron chi connectivity index (χ4n) is 3.88. The molecule has 184 valence electrons. The Morgan fingerprint density at radius 1 is 1.35 bits per heavy atom. The Labute approximate surface area is 195 Å². The Morgan fingerprint density at radius 2 is 2.15 bits per heavy atom. The van der Waals surface area contributed by atoms with E-state index in [0.717, 1.165) is 19.4 Å². The first-order valence-electron chi connectivity index (χ1n) is 11.2. The second-order valence-corrected chi connectivity index (χ2v) is 8.18. The van der Waals surface area contributed by atoms with Crippen molar-refractivity contribution in [2.75, 3.05) is 11.9 Å². The normalized spacial score (nSPS) is 17.2. The number of nitrogens with zero attached hydrogens (tertiary/aromatic N) is 4. The first kappa shape index (κ1) is 25.0. The van der Waals surface area contributed by atoms with E-state index in [-0.39, 0.29) is 37.0 Å². The van der Waals surface area contributed by atoms with Gasteiger partial charge in [0.05, 0.1) is 19.0 Å². The van der Waals surface area contributed by atoms with Crippen molar-refractivity contribution in [2.24, 2.45) is 0 Å². The van der Waals surface area contributed by atoms with E-state index < -0.39 is 35.9 Å². The molecule has 0 spiro atoms. The largest absolute Gasteiger partial charge is 0.481 e. The van der Waals surface area contributed by atoms with Crippen LogP contribution >= 0.6 is 0 Å². The number of amides is 1. The second-order valence-electron chi connectivity index (χ2n) is 8.18. The zero-order valence-corrected chi connectivity index (χ0v) is 19.1. The topological polar surface area (TPSA) is 181 Å². The van der Waals surface area contributed by atoms with Crippen molar-refractivity contribution in [1.29, 1.82) is 0 Å². The smallest absolute Gasteiger partial charge is 0.305 e. The Morgan fingerprint density at radius 3 is 2.76 bits per heavy atom. The molecule has 13 heteroatoms. The predicted octanol–water partition coefficient (Wildman–Crippen LogP) is 0.169. The number of carboxylic acid groups (broad SMARTS) is 1. The van der Waals surface area contributed by atoms with Crippen LogP contribution in [0, 0.1) is 6.92 Å². The molecule has 3 heterocycles. The molecule has 1 aliphatic heterocycles. The van der Waals surface area contributed by atoms with Gasteiger partial charge in [-0.05, 0) is 32.7 Å². The van der Waals surface area contributed by atoms with Gasteiger partial charge in [0, 0.05) is 24.9 Å². The molecule has 0 bridgehead atoms. The van der Waals surface area contributed by atoms with Crippen molar-refractivity contribution in [1.82, 2.24) is 30.5 Å². The van der Waals surface area contributed by atoms with E-state index in [9.17, 15) is 24.3 Å². The summed E-state index contributed by atoms with van der Waals surface area (Å²) in [5.74, 6) is -2.17. The van der Waals surface area contributed by atoms with E-state index >= 15 is 0 Å². The number of anilines is 1. The summed E-state index contributed by atoms with van der Waals surface area (Å²) >= 11 is 0. The van der Waals surface area contributed by atoms with Crippen molar-refractivity contribution in [3.8, 4) is 0 Å². The van der Waals surface area contributed by atoms with Crippen LogP contribution in [0.5, 0.6) is 0 Å². The van der Waals surface area contributed by atoms with E-state index in [4.69, 9.17) is 0 Å². The fraction of sp³-hybridized carbons (Fsp3) is 0.571. The maximum absolute atomic E-state index is 13.1. The Balaban J connectivity index is 1.73. The van der Waals surface area contributed by atoms with Gasteiger partial charge in [-0.1, -0.05) is 17.2 Å². The predicted molar refractivity (Wildman–Crippen MR) is 119 cm³/mol. The molecule has 2 aromatic rings. The van der Waals surface area contributed by atoms with Crippen LogP contribution in [0.3, 0.4) is 0 Å². The minimum absolute atomic E-state index is 0.00150. The van der Waals surface area contributed by atoms with Crippen molar-refractivity contribution >= 4 is 23.5 Å². The molecule has 4 N–H and O–H groups in total. The molecular formula is C21H29N7O6. The fourth-order valence-corrected chi connectivity index (χ4v) is 3.88. The van der Waals surface area contributed by atoms with E-state index in [1.54, 1.807) is 13.8 Å². The van der Waals surface area contributed by atoms with Gasteiger partial charge >= 0.3 is 5.97 Å². The highest BCUT2D eigenvalue weighted by atomic mass is 16.6. The molecular weight excluding hydrogens is 446 g/mol. The van der Waals surface area contributed by atoms with E-state index in [2.05, 4.69) is 35.9 Å². The number of hydrogen-bond acceptors (Lipinski definition) is 10. The number of carboxylic acids is 1. The summed E-state index contributed by atoms with van der Waals surface area (Å²) in [5, 5.41) is 25.3. The molecule has 0 saturated carbocycles. The van der Waals surface area contributed by atoms with E-state index in [1.807, 2.05) is 0 Å². The number of aryl methyl sites for hydroxylation is 1. The first-order chi connectivity index (χ1) is 16.3. The molecule has 3 rings (SSSR count). The first-order valence-corrected chi connectivity index (χ1v) is 11.2. The molecule has 0 radical (unpaired) electrons. The number of aromatic nitrogens is 4. The highest BCUT2D eigenvalue weighted by Crippen LogP contribution is 2.14. The van der Waals surface area contributed by atoms with E-state index in [1.165, 1.54) is 17.0 Å².